The first-order chi connectivity index (χ1) is 9.08. The molecule has 0 aliphatic heterocycles. The molecule has 19 heavy (non-hydrogen) atoms. The maximum Gasteiger partial charge on any atom is 0.273 e. The fourth-order valence-corrected chi connectivity index (χ4v) is 1.78. The summed E-state index contributed by atoms with van der Waals surface area (Å²) in [6.07, 6.45) is 1.98. The van der Waals surface area contributed by atoms with Gasteiger partial charge in [-0.2, -0.15) is 5.10 Å². The van der Waals surface area contributed by atoms with E-state index >= 15 is 0 Å². The summed E-state index contributed by atoms with van der Waals surface area (Å²) >= 11 is 0. The van der Waals surface area contributed by atoms with Crippen LogP contribution in [0.1, 0.15) is 16.1 Å². The van der Waals surface area contributed by atoms with Gasteiger partial charge >= 0.3 is 0 Å². The molecule has 6 heteroatoms. The maximum atomic E-state index is 13.4. The van der Waals surface area contributed by atoms with Gasteiger partial charge in [-0.25, -0.2) is 4.39 Å². The number of hydrogen-bond acceptors (Lipinski definition) is 3. The highest BCUT2D eigenvalue weighted by Crippen LogP contribution is 2.08. The fourth-order valence-electron chi connectivity index (χ4n) is 1.78. The van der Waals surface area contributed by atoms with E-state index in [1.54, 1.807) is 31.4 Å². The summed E-state index contributed by atoms with van der Waals surface area (Å²) in [7, 11) is 1.69. The quantitative estimate of drug-likeness (QED) is 0.867. The molecule has 0 fully saturated rings. The monoisotopic (exact) mass is 262 g/mol. The SMILES string of the molecule is Cn1cc(N)c(C(=O)NCCc2ccccc2F)n1. The number of carbonyl (C=O) groups excluding carboxylic acids is 1. The van der Waals surface area contributed by atoms with E-state index in [0.29, 0.717) is 24.2 Å². The summed E-state index contributed by atoms with van der Waals surface area (Å²) in [6.45, 7) is 0.329. The second-order valence-corrected chi connectivity index (χ2v) is 4.20. The second-order valence-electron chi connectivity index (χ2n) is 4.20. The first kappa shape index (κ1) is 13.1. The van der Waals surface area contributed by atoms with Crippen LogP contribution in [0.25, 0.3) is 0 Å². The lowest BCUT2D eigenvalue weighted by Crippen LogP contribution is -2.27. The van der Waals surface area contributed by atoms with Crippen molar-refractivity contribution >= 4 is 11.6 Å². The Morgan fingerprint density at radius 3 is 2.84 bits per heavy atom. The Morgan fingerprint density at radius 2 is 2.21 bits per heavy atom. The summed E-state index contributed by atoms with van der Waals surface area (Å²) in [6, 6.07) is 6.48. The van der Waals surface area contributed by atoms with Gasteiger partial charge < -0.3 is 11.1 Å². The van der Waals surface area contributed by atoms with Gasteiger partial charge in [0.1, 0.15) is 5.82 Å². The minimum Gasteiger partial charge on any atom is -0.396 e. The third-order valence-corrected chi connectivity index (χ3v) is 2.71. The van der Waals surface area contributed by atoms with Crippen molar-refractivity contribution in [3.05, 3.63) is 47.5 Å². The first-order valence-corrected chi connectivity index (χ1v) is 5.88. The molecule has 1 aromatic carbocycles. The molecule has 0 unspecified atom stereocenters. The molecule has 3 N–H and O–H groups in total. The van der Waals surface area contributed by atoms with Crippen molar-refractivity contribution in [3.63, 3.8) is 0 Å². The smallest absolute Gasteiger partial charge is 0.273 e. The van der Waals surface area contributed by atoms with Gasteiger partial charge in [-0.05, 0) is 18.1 Å². The van der Waals surface area contributed by atoms with Gasteiger partial charge in [0.2, 0.25) is 0 Å². The van der Waals surface area contributed by atoms with Gasteiger partial charge in [0, 0.05) is 19.8 Å². The molecule has 0 saturated heterocycles. The van der Waals surface area contributed by atoms with Crippen LogP contribution in [0.2, 0.25) is 0 Å². The molecule has 0 saturated carbocycles. The lowest BCUT2D eigenvalue weighted by atomic mass is 10.1. The highest BCUT2D eigenvalue weighted by Gasteiger charge is 2.13. The number of nitrogens with two attached hydrogens (primary N) is 1. The summed E-state index contributed by atoms with van der Waals surface area (Å²) in [4.78, 5) is 11.8. The Bertz CT molecular complexity index is 594. The maximum absolute atomic E-state index is 13.4. The van der Waals surface area contributed by atoms with Crippen LogP contribution in [0.15, 0.2) is 30.5 Å². The van der Waals surface area contributed by atoms with E-state index in [1.807, 2.05) is 0 Å². The number of halogens is 1. The number of carbonyl (C=O) groups is 1. The zero-order valence-corrected chi connectivity index (χ0v) is 10.6. The molecule has 100 valence electrons. The van der Waals surface area contributed by atoms with Crippen LogP contribution in [0.5, 0.6) is 0 Å². The van der Waals surface area contributed by atoms with Crippen LogP contribution in [-0.4, -0.2) is 22.2 Å². The molecule has 2 rings (SSSR count). The van der Waals surface area contributed by atoms with Crippen molar-refractivity contribution < 1.29 is 9.18 Å². The number of aromatic nitrogens is 2. The zero-order chi connectivity index (χ0) is 13.8. The Balaban J connectivity index is 1.91. The number of benzene rings is 1. The number of aryl methyl sites for hydroxylation is 1. The second kappa shape index (κ2) is 5.51. The predicted octanol–water partition coefficient (Wildman–Crippen LogP) is 1.11. The molecule has 0 atom stereocenters. The summed E-state index contributed by atoms with van der Waals surface area (Å²) in [5, 5.41) is 6.63. The highest BCUT2D eigenvalue weighted by atomic mass is 19.1. The number of anilines is 1. The third-order valence-electron chi connectivity index (χ3n) is 2.71. The van der Waals surface area contributed by atoms with Gasteiger partial charge in [-0.3, -0.25) is 9.48 Å². The standard InChI is InChI=1S/C13H15FN4O/c1-18-8-11(15)12(17-18)13(19)16-7-6-9-4-2-3-5-10(9)14/h2-5,8H,6-7,15H2,1H3,(H,16,19). The number of hydrogen-bond donors (Lipinski definition) is 2. The lowest BCUT2D eigenvalue weighted by molar-refractivity contribution is 0.0949. The minimum absolute atomic E-state index is 0.191. The van der Waals surface area contributed by atoms with Crippen LogP contribution >= 0.6 is 0 Å². The van der Waals surface area contributed by atoms with Crippen LogP contribution in [-0.2, 0) is 13.5 Å². The van der Waals surface area contributed by atoms with E-state index in [0.717, 1.165) is 0 Å². The van der Waals surface area contributed by atoms with Gasteiger partial charge in [-0.15, -0.1) is 0 Å². The van der Waals surface area contributed by atoms with E-state index < -0.39 is 0 Å². The Kier molecular flexibility index (Phi) is 3.79. The molecular formula is C13H15FN4O. The number of rotatable bonds is 4. The van der Waals surface area contributed by atoms with E-state index in [1.165, 1.54) is 10.7 Å². The van der Waals surface area contributed by atoms with Crippen LogP contribution in [0.4, 0.5) is 10.1 Å². The van der Waals surface area contributed by atoms with Crippen LogP contribution < -0.4 is 11.1 Å². The van der Waals surface area contributed by atoms with E-state index in [2.05, 4.69) is 10.4 Å². The van der Waals surface area contributed by atoms with Crippen molar-refractivity contribution in [1.82, 2.24) is 15.1 Å². The molecule has 1 heterocycles. The van der Waals surface area contributed by atoms with E-state index in [9.17, 15) is 9.18 Å². The zero-order valence-electron chi connectivity index (χ0n) is 10.6. The molecule has 2 aromatic rings. The predicted molar refractivity (Wildman–Crippen MR) is 70.1 cm³/mol. The molecule has 1 aromatic heterocycles. The molecule has 0 aliphatic rings. The van der Waals surface area contributed by atoms with Gasteiger partial charge in [0.05, 0.1) is 5.69 Å². The lowest BCUT2D eigenvalue weighted by Gasteiger charge is -2.05. The normalized spacial score (nSPS) is 10.4. The van der Waals surface area contributed by atoms with Crippen LogP contribution in [0.3, 0.4) is 0 Å². The molecule has 1 amide bonds. The Labute approximate surface area is 110 Å². The average Bonchev–Trinajstić information content (AvgIpc) is 2.71. The Hall–Kier alpha value is -2.37. The number of nitrogen functional groups attached to an aromatic ring is 1. The first-order valence-electron chi connectivity index (χ1n) is 5.88. The van der Waals surface area contributed by atoms with Crippen molar-refractivity contribution in [2.45, 2.75) is 6.42 Å². The summed E-state index contributed by atoms with van der Waals surface area (Å²) in [5.74, 6) is -0.622. The molecule has 0 spiro atoms. The minimum atomic E-state index is -0.352. The average molecular weight is 262 g/mol. The highest BCUT2D eigenvalue weighted by molar-refractivity contribution is 5.96. The fraction of sp³-hybridized carbons (Fsp3) is 0.231. The molecular weight excluding hydrogens is 247 g/mol. The number of amides is 1. The van der Waals surface area contributed by atoms with E-state index in [-0.39, 0.29) is 17.4 Å². The van der Waals surface area contributed by atoms with Gasteiger partial charge in [0.25, 0.3) is 5.91 Å². The largest absolute Gasteiger partial charge is 0.396 e. The number of nitrogens with one attached hydrogen (secondary N) is 1. The van der Waals surface area contributed by atoms with Crippen molar-refractivity contribution in [2.75, 3.05) is 12.3 Å². The summed E-state index contributed by atoms with van der Waals surface area (Å²) in [5.41, 5.74) is 6.73. The van der Waals surface area contributed by atoms with Crippen molar-refractivity contribution in [1.29, 1.82) is 0 Å². The topological polar surface area (TPSA) is 72.9 Å². The van der Waals surface area contributed by atoms with Gasteiger partial charge in [0.15, 0.2) is 5.69 Å². The van der Waals surface area contributed by atoms with Gasteiger partial charge in [-0.1, -0.05) is 18.2 Å². The van der Waals surface area contributed by atoms with Crippen molar-refractivity contribution in [3.8, 4) is 0 Å². The molecule has 5 nitrogen and oxygen atoms in total. The third kappa shape index (κ3) is 3.09. The van der Waals surface area contributed by atoms with Crippen LogP contribution in [0, 0.1) is 5.82 Å². The Morgan fingerprint density at radius 1 is 1.47 bits per heavy atom. The molecule has 0 bridgehead atoms. The molecule has 0 radical (unpaired) electrons. The molecule has 0 aliphatic carbocycles. The van der Waals surface area contributed by atoms with E-state index in [4.69, 9.17) is 5.73 Å². The van der Waals surface area contributed by atoms with Crippen molar-refractivity contribution in [2.24, 2.45) is 7.05 Å². The number of nitrogens with zero attached hydrogens (tertiary/aromatic N) is 2. The summed E-state index contributed by atoms with van der Waals surface area (Å²) < 4.78 is 14.8.